The Labute approximate surface area is 120 Å². The molecule has 0 aliphatic carbocycles. The van der Waals surface area contributed by atoms with Crippen LogP contribution in [0.3, 0.4) is 0 Å². The van der Waals surface area contributed by atoms with E-state index in [1.165, 1.54) is 4.90 Å². The Kier molecular flexibility index (Phi) is 5.37. The molecule has 2 N–H and O–H groups in total. The second kappa shape index (κ2) is 7.04. The number of likely N-dealkylation sites (tertiary alicyclic amines) is 1. The van der Waals surface area contributed by atoms with Crippen LogP contribution >= 0.6 is 0 Å². The molecule has 2 fully saturated rings. The molecular weight excluding hydrogens is 256 g/mol. The van der Waals surface area contributed by atoms with Crippen LogP contribution in [0.5, 0.6) is 0 Å². The first-order valence-corrected chi connectivity index (χ1v) is 7.54. The summed E-state index contributed by atoms with van der Waals surface area (Å²) in [6.45, 7) is 7.41. The summed E-state index contributed by atoms with van der Waals surface area (Å²) in [5.41, 5.74) is 0. The summed E-state index contributed by atoms with van der Waals surface area (Å²) in [5.74, 6) is 1.34. The van der Waals surface area contributed by atoms with Crippen molar-refractivity contribution in [2.24, 2.45) is 11.8 Å². The van der Waals surface area contributed by atoms with E-state index < -0.39 is 0 Å². The number of nitrogens with one attached hydrogen (secondary N) is 2. The van der Waals surface area contributed by atoms with Crippen LogP contribution in [0.1, 0.15) is 13.3 Å². The summed E-state index contributed by atoms with van der Waals surface area (Å²) in [7, 11) is 1.70. The smallest absolute Gasteiger partial charge is 0.239 e. The maximum Gasteiger partial charge on any atom is 0.239 e. The first-order valence-electron chi connectivity index (χ1n) is 7.54. The molecule has 0 bridgehead atoms. The molecule has 2 unspecified atom stereocenters. The van der Waals surface area contributed by atoms with Crippen molar-refractivity contribution < 1.29 is 9.59 Å². The molecule has 0 aromatic carbocycles. The van der Waals surface area contributed by atoms with Crippen molar-refractivity contribution in [3.05, 3.63) is 0 Å². The fourth-order valence-electron chi connectivity index (χ4n) is 3.02. The van der Waals surface area contributed by atoms with Crippen LogP contribution in [0, 0.1) is 11.8 Å². The minimum atomic E-state index is -0.0785. The topological polar surface area (TPSA) is 64.7 Å². The number of hydrogen-bond donors (Lipinski definition) is 2. The molecule has 0 aromatic heterocycles. The summed E-state index contributed by atoms with van der Waals surface area (Å²) in [4.78, 5) is 27.4. The van der Waals surface area contributed by atoms with Gasteiger partial charge in [0.25, 0.3) is 0 Å². The van der Waals surface area contributed by atoms with Crippen molar-refractivity contribution in [1.82, 2.24) is 20.4 Å². The van der Waals surface area contributed by atoms with Gasteiger partial charge in [-0.15, -0.1) is 0 Å². The highest BCUT2D eigenvalue weighted by atomic mass is 16.2. The zero-order valence-corrected chi connectivity index (χ0v) is 12.5. The van der Waals surface area contributed by atoms with Gasteiger partial charge in [-0.05, 0) is 31.3 Å². The van der Waals surface area contributed by atoms with Crippen molar-refractivity contribution in [3.63, 3.8) is 0 Å². The van der Waals surface area contributed by atoms with E-state index in [0.29, 0.717) is 24.9 Å². The van der Waals surface area contributed by atoms with Gasteiger partial charge in [0.2, 0.25) is 11.8 Å². The highest BCUT2D eigenvalue weighted by Gasteiger charge is 2.36. The van der Waals surface area contributed by atoms with Crippen molar-refractivity contribution in [2.75, 3.05) is 52.9 Å². The van der Waals surface area contributed by atoms with Gasteiger partial charge in [0.05, 0.1) is 13.1 Å². The first kappa shape index (κ1) is 15.3. The Morgan fingerprint density at radius 3 is 2.55 bits per heavy atom. The van der Waals surface area contributed by atoms with E-state index in [1.54, 1.807) is 7.05 Å². The molecule has 6 heteroatoms. The third-order valence-corrected chi connectivity index (χ3v) is 4.20. The van der Waals surface area contributed by atoms with Crippen molar-refractivity contribution in [1.29, 1.82) is 0 Å². The zero-order chi connectivity index (χ0) is 14.5. The van der Waals surface area contributed by atoms with Gasteiger partial charge in [0, 0.05) is 26.7 Å². The molecule has 0 spiro atoms. The van der Waals surface area contributed by atoms with Gasteiger partial charge < -0.3 is 15.5 Å². The van der Waals surface area contributed by atoms with E-state index in [2.05, 4.69) is 15.5 Å². The minimum absolute atomic E-state index is 0.0320. The number of carbonyl (C=O) groups is 2. The van der Waals surface area contributed by atoms with Crippen LogP contribution in [0.15, 0.2) is 0 Å². The molecule has 2 atom stereocenters. The van der Waals surface area contributed by atoms with Gasteiger partial charge in [0.1, 0.15) is 0 Å². The van der Waals surface area contributed by atoms with Gasteiger partial charge in [-0.2, -0.15) is 0 Å². The maximum absolute atomic E-state index is 12.1. The second-order valence-corrected chi connectivity index (χ2v) is 5.97. The van der Waals surface area contributed by atoms with E-state index in [-0.39, 0.29) is 18.4 Å². The average molecular weight is 282 g/mol. The molecule has 2 aliphatic heterocycles. The van der Waals surface area contributed by atoms with Crippen molar-refractivity contribution in [2.45, 2.75) is 13.3 Å². The predicted molar refractivity (Wildman–Crippen MR) is 77.2 cm³/mol. The SMILES string of the molecule is CCCNC(=O)CN(C)C(=O)CN1CC2CNCC2C1. The Morgan fingerprint density at radius 2 is 1.95 bits per heavy atom. The third kappa shape index (κ3) is 3.93. The van der Waals surface area contributed by atoms with Gasteiger partial charge >= 0.3 is 0 Å². The third-order valence-electron chi connectivity index (χ3n) is 4.20. The highest BCUT2D eigenvalue weighted by Crippen LogP contribution is 2.25. The maximum atomic E-state index is 12.1. The first-order chi connectivity index (χ1) is 9.60. The number of hydrogen-bond acceptors (Lipinski definition) is 4. The number of amides is 2. The van der Waals surface area contributed by atoms with E-state index in [0.717, 1.165) is 32.6 Å². The Hall–Kier alpha value is -1.14. The molecular formula is C14H26N4O2. The number of likely N-dealkylation sites (N-methyl/N-ethyl adjacent to an activating group) is 1. The Bertz CT molecular complexity index is 349. The molecule has 0 saturated carbocycles. The van der Waals surface area contributed by atoms with Gasteiger partial charge in [-0.25, -0.2) is 0 Å². The van der Waals surface area contributed by atoms with E-state index in [9.17, 15) is 9.59 Å². The molecule has 6 nitrogen and oxygen atoms in total. The Morgan fingerprint density at radius 1 is 1.30 bits per heavy atom. The standard InChI is InChI=1S/C14H26N4O2/c1-3-4-16-13(19)9-17(2)14(20)10-18-7-11-5-15-6-12(11)8-18/h11-12,15H,3-10H2,1-2H3,(H,16,19). The summed E-state index contributed by atoms with van der Waals surface area (Å²) >= 11 is 0. The van der Waals surface area contributed by atoms with Gasteiger partial charge in [-0.3, -0.25) is 14.5 Å². The summed E-state index contributed by atoms with van der Waals surface area (Å²) < 4.78 is 0. The Balaban J connectivity index is 1.70. The van der Waals surface area contributed by atoms with E-state index >= 15 is 0 Å². The number of nitrogens with zero attached hydrogens (tertiary/aromatic N) is 2. The van der Waals surface area contributed by atoms with Crippen LogP contribution in [0.4, 0.5) is 0 Å². The summed E-state index contributed by atoms with van der Waals surface area (Å²) in [6, 6.07) is 0. The normalized spacial score (nSPS) is 25.5. The number of carbonyl (C=O) groups excluding carboxylic acids is 2. The fraction of sp³-hybridized carbons (Fsp3) is 0.857. The lowest BCUT2D eigenvalue weighted by Crippen LogP contribution is -2.43. The largest absolute Gasteiger partial charge is 0.355 e. The molecule has 114 valence electrons. The van der Waals surface area contributed by atoms with Crippen LogP contribution in [-0.2, 0) is 9.59 Å². The van der Waals surface area contributed by atoms with Crippen LogP contribution < -0.4 is 10.6 Å². The van der Waals surface area contributed by atoms with Crippen LogP contribution in [0.2, 0.25) is 0 Å². The second-order valence-electron chi connectivity index (χ2n) is 5.97. The average Bonchev–Trinajstić information content (AvgIpc) is 2.96. The molecule has 20 heavy (non-hydrogen) atoms. The highest BCUT2D eigenvalue weighted by molar-refractivity contribution is 5.85. The molecule has 2 aliphatic rings. The summed E-state index contributed by atoms with van der Waals surface area (Å²) in [6.07, 6.45) is 0.911. The molecule has 0 aromatic rings. The van der Waals surface area contributed by atoms with Crippen molar-refractivity contribution >= 4 is 11.8 Å². The molecule has 0 radical (unpaired) electrons. The summed E-state index contributed by atoms with van der Waals surface area (Å²) in [5, 5.41) is 6.18. The quantitative estimate of drug-likeness (QED) is 0.664. The molecule has 2 heterocycles. The predicted octanol–water partition coefficient (Wildman–Crippen LogP) is -0.878. The van der Waals surface area contributed by atoms with Crippen LogP contribution in [-0.4, -0.2) is 74.5 Å². The van der Waals surface area contributed by atoms with Crippen molar-refractivity contribution in [3.8, 4) is 0 Å². The van der Waals surface area contributed by atoms with E-state index in [4.69, 9.17) is 0 Å². The number of fused-ring (bicyclic) bond motifs is 1. The molecule has 2 amide bonds. The number of rotatable bonds is 6. The van der Waals surface area contributed by atoms with E-state index in [1.807, 2.05) is 6.92 Å². The fourth-order valence-corrected chi connectivity index (χ4v) is 3.02. The monoisotopic (exact) mass is 282 g/mol. The van der Waals surface area contributed by atoms with Gasteiger partial charge in [0.15, 0.2) is 0 Å². The lowest BCUT2D eigenvalue weighted by atomic mass is 10.0. The zero-order valence-electron chi connectivity index (χ0n) is 12.5. The lowest BCUT2D eigenvalue weighted by molar-refractivity contribution is -0.135. The van der Waals surface area contributed by atoms with Gasteiger partial charge in [-0.1, -0.05) is 6.92 Å². The molecule has 2 rings (SSSR count). The lowest BCUT2D eigenvalue weighted by Gasteiger charge is -2.21. The molecule has 2 saturated heterocycles. The van der Waals surface area contributed by atoms with Crippen LogP contribution in [0.25, 0.3) is 0 Å². The minimum Gasteiger partial charge on any atom is -0.355 e.